The molecule has 7 nitrogen and oxygen atoms in total. The molecule has 2 aliphatic rings. The fourth-order valence-electron chi connectivity index (χ4n) is 4.87. The second kappa shape index (κ2) is 8.96. The van der Waals surface area contributed by atoms with E-state index in [-0.39, 0.29) is 24.9 Å². The minimum atomic E-state index is -3.63. The number of carbonyl (C=O) groups excluding carboxylic acids is 2. The van der Waals surface area contributed by atoms with Crippen LogP contribution in [0, 0.1) is 20.8 Å². The summed E-state index contributed by atoms with van der Waals surface area (Å²) >= 11 is 1.38. The van der Waals surface area contributed by atoms with Crippen LogP contribution < -0.4 is 0 Å². The Kier molecular flexibility index (Phi) is 6.42. The maximum absolute atomic E-state index is 13.3. The number of piperazine rings is 1. The Hall–Kier alpha value is -2.23. The van der Waals surface area contributed by atoms with Gasteiger partial charge in [-0.15, -0.1) is 11.3 Å². The number of hydrogen-bond acceptors (Lipinski definition) is 5. The highest BCUT2D eigenvalue weighted by atomic mass is 32.2. The van der Waals surface area contributed by atoms with Gasteiger partial charge in [0.2, 0.25) is 15.9 Å². The molecule has 0 bridgehead atoms. The lowest BCUT2D eigenvalue weighted by atomic mass is 10.1. The van der Waals surface area contributed by atoms with Crippen LogP contribution in [0.25, 0.3) is 0 Å². The van der Waals surface area contributed by atoms with E-state index in [4.69, 9.17) is 0 Å². The first-order chi connectivity index (χ1) is 15.2. The highest BCUT2D eigenvalue weighted by Gasteiger charge is 2.39. The van der Waals surface area contributed by atoms with E-state index in [0.717, 1.165) is 23.1 Å². The predicted octanol–water partition coefficient (Wildman–Crippen LogP) is 2.81. The minimum absolute atomic E-state index is 0.0767. The summed E-state index contributed by atoms with van der Waals surface area (Å²) in [6.07, 6.45) is 1.45. The normalized spacial score (nSPS) is 20.0. The number of thiophene rings is 1. The van der Waals surface area contributed by atoms with Gasteiger partial charge in [-0.05, 0) is 56.2 Å². The minimum Gasteiger partial charge on any atom is -0.338 e. The largest absolute Gasteiger partial charge is 0.338 e. The number of amides is 2. The Bertz CT molecular complexity index is 1100. The third-order valence-corrected chi connectivity index (χ3v) is 9.35. The number of nitrogens with zero attached hydrogens (tertiary/aromatic N) is 3. The van der Waals surface area contributed by atoms with Gasteiger partial charge in [-0.1, -0.05) is 23.8 Å². The van der Waals surface area contributed by atoms with E-state index < -0.39 is 16.1 Å². The first-order valence-electron chi connectivity index (χ1n) is 10.9. The Morgan fingerprint density at radius 1 is 1.00 bits per heavy atom. The fraction of sp³-hybridized carbons (Fsp3) is 0.478. The lowest BCUT2D eigenvalue weighted by Gasteiger charge is -2.37. The average Bonchev–Trinajstić information content (AvgIpc) is 3.44. The van der Waals surface area contributed by atoms with Crippen molar-refractivity contribution in [2.24, 2.45) is 0 Å². The van der Waals surface area contributed by atoms with Crippen LogP contribution in [0.5, 0.6) is 0 Å². The number of benzene rings is 1. The fourth-order valence-corrected chi connectivity index (χ4v) is 7.38. The molecule has 0 aliphatic carbocycles. The molecule has 0 saturated carbocycles. The summed E-state index contributed by atoms with van der Waals surface area (Å²) in [5.41, 5.74) is 2.52. The third-order valence-electron chi connectivity index (χ3n) is 6.28. The van der Waals surface area contributed by atoms with E-state index >= 15 is 0 Å². The van der Waals surface area contributed by atoms with Gasteiger partial charge in [0.05, 0.1) is 9.77 Å². The molecule has 1 aromatic heterocycles. The van der Waals surface area contributed by atoms with Crippen LogP contribution in [0.15, 0.2) is 34.5 Å². The maximum atomic E-state index is 13.3. The van der Waals surface area contributed by atoms with Gasteiger partial charge in [0.25, 0.3) is 5.91 Å². The van der Waals surface area contributed by atoms with Gasteiger partial charge in [0.1, 0.15) is 6.04 Å². The SMILES string of the molecule is Cc1cc(C)c(S(=O)(=O)N2CCN(C(=O)[C@@H]3CCCN3C(=O)c3cccs3)CC2)c(C)c1. The highest BCUT2D eigenvalue weighted by Crippen LogP contribution is 2.27. The van der Waals surface area contributed by atoms with Gasteiger partial charge in [-0.3, -0.25) is 9.59 Å². The predicted molar refractivity (Wildman–Crippen MR) is 124 cm³/mol. The molecule has 1 aromatic carbocycles. The van der Waals surface area contributed by atoms with Crippen molar-refractivity contribution in [2.75, 3.05) is 32.7 Å². The molecule has 0 radical (unpaired) electrons. The van der Waals surface area contributed by atoms with Gasteiger partial charge in [0, 0.05) is 32.7 Å². The molecule has 2 aromatic rings. The molecule has 0 N–H and O–H groups in total. The van der Waals surface area contributed by atoms with Gasteiger partial charge < -0.3 is 9.80 Å². The smallest absolute Gasteiger partial charge is 0.264 e. The van der Waals surface area contributed by atoms with E-state index in [1.165, 1.54) is 15.6 Å². The summed E-state index contributed by atoms with van der Waals surface area (Å²) in [5.74, 6) is -0.172. The molecule has 9 heteroatoms. The van der Waals surface area contributed by atoms with Crippen LogP contribution in [-0.2, 0) is 14.8 Å². The van der Waals surface area contributed by atoms with Crippen molar-refractivity contribution in [1.29, 1.82) is 0 Å². The second-order valence-electron chi connectivity index (χ2n) is 8.59. The molecule has 3 heterocycles. The molecule has 0 unspecified atom stereocenters. The van der Waals surface area contributed by atoms with E-state index in [9.17, 15) is 18.0 Å². The Balaban J connectivity index is 1.44. The quantitative estimate of drug-likeness (QED) is 0.681. The zero-order valence-electron chi connectivity index (χ0n) is 18.7. The van der Waals surface area contributed by atoms with Gasteiger partial charge in [-0.25, -0.2) is 8.42 Å². The number of likely N-dealkylation sites (tertiary alicyclic amines) is 1. The lowest BCUT2D eigenvalue weighted by molar-refractivity contribution is -0.136. The van der Waals surface area contributed by atoms with Gasteiger partial charge in [0.15, 0.2) is 0 Å². The summed E-state index contributed by atoms with van der Waals surface area (Å²) in [6, 6.07) is 6.93. The molecule has 0 spiro atoms. The molecule has 2 fully saturated rings. The number of carbonyl (C=O) groups is 2. The van der Waals surface area contributed by atoms with Crippen molar-refractivity contribution in [2.45, 2.75) is 44.6 Å². The number of hydrogen-bond donors (Lipinski definition) is 0. The molecule has 172 valence electrons. The average molecular weight is 476 g/mol. The van der Waals surface area contributed by atoms with E-state index in [1.54, 1.807) is 15.9 Å². The van der Waals surface area contributed by atoms with Gasteiger partial charge >= 0.3 is 0 Å². The monoisotopic (exact) mass is 475 g/mol. The first kappa shape index (κ1) is 22.9. The Labute approximate surface area is 193 Å². The summed E-state index contributed by atoms with van der Waals surface area (Å²) in [6.45, 7) is 7.36. The lowest BCUT2D eigenvalue weighted by Crippen LogP contribution is -2.55. The Morgan fingerprint density at radius 3 is 2.25 bits per heavy atom. The van der Waals surface area contributed by atoms with Crippen LogP contribution in [-0.4, -0.2) is 73.1 Å². The maximum Gasteiger partial charge on any atom is 0.264 e. The topological polar surface area (TPSA) is 78.0 Å². The zero-order valence-corrected chi connectivity index (χ0v) is 20.3. The standard InChI is InChI=1S/C23H29N3O4S2/c1-16-14-17(2)21(18(3)15-16)32(29,30)25-11-9-24(10-12-25)22(27)19-6-4-8-26(19)23(28)20-7-5-13-31-20/h5,7,13-15,19H,4,6,8-12H2,1-3H3/t19-/m0/s1. The van der Waals surface area contributed by atoms with Crippen molar-refractivity contribution >= 4 is 33.2 Å². The zero-order chi connectivity index (χ0) is 23.0. The summed E-state index contributed by atoms with van der Waals surface area (Å²) < 4.78 is 28.1. The van der Waals surface area contributed by atoms with Crippen LogP contribution >= 0.6 is 11.3 Å². The molecule has 2 saturated heterocycles. The van der Waals surface area contributed by atoms with Crippen molar-refractivity contribution in [3.8, 4) is 0 Å². The number of aryl methyl sites for hydroxylation is 3. The van der Waals surface area contributed by atoms with Crippen LogP contribution in [0.1, 0.15) is 39.2 Å². The molecule has 32 heavy (non-hydrogen) atoms. The number of rotatable bonds is 4. The molecule has 2 amide bonds. The van der Waals surface area contributed by atoms with E-state index in [1.807, 2.05) is 44.4 Å². The molecule has 1 atom stereocenters. The molecule has 4 rings (SSSR count). The Morgan fingerprint density at radius 2 is 1.66 bits per heavy atom. The third kappa shape index (κ3) is 4.21. The van der Waals surface area contributed by atoms with Gasteiger partial charge in [-0.2, -0.15) is 4.31 Å². The molecule has 2 aliphatic heterocycles. The first-order valence-corrected chi connectivity index (χ1v) is 13.2. The van der Waals surface area contributed by atoms with Crippen molar-refractivity contribution in [3.63, 3.8) is 0 Å². The second-order valence-corrected chi connectivity index (χ2v) is 11.4. The number of sulfonamides is 1. The van der Waals surface area contributed by atoms with Crippen LogP contribution in [0.4, 0.5) is 0 Å². The molecular weight excluding hydrogens is 446 g/mol. The van der Waals surface area contributed by atoms with Crippen molar-refractivity contribution in [1.82, 2.24) is 14.1 Å². The van der Waals surface area contributed by atoms with Crippen molar-refractivity contribution in [3.05, 3.63) is 51.2 Å². The van der Waals surface area contributed by atoms with Crippen LogP contribution in [0.2, 0.25) is 0 Å². The summed E-state index contributed by atoms with van der Waals surface area (Å²) in [4.78, 5) is 30.4. The summed E-state index contributed by atoms with van der Waals surface area (Å²) in [7, 11) is -3.63. The van der Waals surface area contributed by atoms with E-state index in [0.29, 0.717) is 35.8 Å². The van der Waals surface area contributed by atoms with Crippen molar-refractivity contribution < 1.29 is 18.0 Å². The highest BCUT2D eigenvalue weighted by molar-refractivity contribution is 7.89. The molecular formula is C23H29N3O4S2. The van der Waals surface area contributed by atoms with E-state index in [2.05, 4.69) is 0 Å². The summed E-state index contributed by atoms with van der Waals surface area (Å²) in [5, 5.41) is 1.86. The van der Waals surface area contributed by atoms with Crippen LogP contribution in [0.3, 0.4) is 0 Å².